The summed E-state index contributed by atoms with van der Waals surface area (Å²) in [5.74, 6) is 0. The number of carbonyl (C=O) groups excluding carboxylic acids is 4. The lowest BCUT2D eigenvalue weighted by Gasteiger charge is -2.37. The Morgan fingerprint density at radius 3 is 1.86 bits per heavy atom. The fourth-order valence-corrected chi connectivity index (χ4v) is 4.91. The molecule has 0 saturated heterocycles. The molecule has 3 amide bonds. The van der Waals surface area contributed by atoms with E-state index in [0.717, 1.165) is 5.56 Å². The molecular weight excluding hydrogens is 662 g/mol. The lowest BCUT2D eigenvalue weighted by molar-refractivity contribution is -0.0372. The van der Waals surface area contributed by atoms with E-state index in [-0.39, 0.29) is 44.3 Å². The topological polar surface area (TPSA) is 151 Å². The quantitative estimate of drug-likeness (QED) is 0.111. The Morgan fingerprint density at radius 1 is 0.780 bits per heavy atom. The highest BCUT2D eigenvalue weighted by Gasteiger charge is 2.38. The van der Waals surface area contributed by atoms with Gasteiger partial charge in [-0.2, -0.15) is 0 Å². The molecule has 0 unspecified atom stereocenters. The predicted octanol–water partition coefficient (Wildman–Crippen LogP) is 7.78. The first kappa shape index (κ1) is 44.5. The van der Waals surface area contributed by atoms with E-state index in [1.807, 2.05) is 30.3 Å². The van der Waals surface area contributed by atoms with Crippen LogP contribution in [-0.4, -0.2) is 92.8 Å². The van der Waals surface area contributed by atoms with E-state index in [4.69, 9.17) is 28.1 Å². The summed E-state index contributed by atoms with van der Waals surface area (Å²) in [5.41, 5.74) is -1.60. The van der Waals surface area contributed by atoms with E-state index in [1.54, 1.807) is 62.3 Å². The molecule has 2 atom stereocenters. The number of nitrogens with one attached hydrogen (secondary N) is 2. The molecular formula is C36H63N3O10Si. The van der Waals surface area contributed by atoms with Gasteiger partial charge in [-0.05, 0) is 92.4 Å². The summed E-state index contributed by atoms with van der Waals surface area (Å²) in [6.07, 6.45) is -3.80. The molecule has 0 spiro atoms. The van der Waals surface area contributed by atoms with Crippen LogP contribution in [0.2, 0.25) is 18.1 Å². The Bertz CT molecular complexity index is 1230. The highest BCUT2D eigenvalue weighted by atomic mass is 28.4. The smallest absolute Gasteiger partial charge is 0.445 e. The lowest BCUT2D eigenvalue weighted by atomic mass is 10.2. The minimum absolute atomic E-state index is 0.0695. The van der Waals surface area contributed by atoms with Crippen LogP contribution in [0.3, 0.4) is 0 Å². The Labute approximate surface area is 300 Å². The Morgan fingerprint density at radius 2 is 1.34 bits per heavy atom. The number of hydrogen-bond acceptors (Lipinski definition) is 10. The van der Waals surface area contributed by atoms with E-state index in [9.17, 15) is 19.2 Å². The minimum atomic E-state index is -2.22. The molecule has 0 radical (unpaired) electrons. The van der Waals surface area contributed by atoms with E-state index in [1.165, 1.54) is 4.90 Å². The van der Waals surface area contributed by atoms with Gasteiger partial charge in [0.05, 0.1) is 25.7 Å². The zero-order valence-electron chi connectivity index (χ0n) is 32.8. The first-order valence-electron chi connectivity index (χ1n) is 17.1. The summed E-state index contributed by atoms with van der Waals surface area (Å²) >= 11 is 0. The molecule has 0 aliphatic heterocycles. The number of amides is 3. The Hall–Kier alpha value is -3.52. The van der Waals surface area contributed by atoms with Gasteiger partial charge in [0.15, 0.2) is 8.32 Å². The van der Waals surface area contributed by atoms with Crippen LogP contribution in [0.1, 0.15) is 95.1 Å². The van der Waals surface area contributed by atoms with Crippen LogP contribution < -0.4 is 10.6 Å². The molecule has 50 heavy (non-hydrogen) atoms. The molecule has 1 aromatic carbocycles. The van der Waals surface area contributed by atoms with E-state index < -0.39 is 61.7 Å². The van der Waals surface area contributed by atoms with Crippen molar-refractivity contribution in [3.8, 4) is 0 Å². The molecule has 0 aliphatic rings. The van der Waals surface area contributed by atoms with Gasteiger partial charge in [-0.15, -0.1) is 0 Å². The summed E-state index contributed by atoms with van der Waals surface area (Å²) in [6, 6.07) is 8.77. The van der Waals surface area contributed by atoms with Crippen molar-refractivity contribution >= 4 is 32.8 Å². The zero-order chi connectivity index (χ0) is 38.6. The van der Waals surface area contributed by atoms with Crippen LogP contribution in [0.25, 0.3) is 0 Å². The maximum Gasteiger partial charge on any atom is 0.509 e. The Balaban J connectivity index is 3.29. The third-order valence-corrected chi connectivity index (χ3v) is 11.8. The maximum absolute atomic E-state index is 13.6. The number of nitrogens with zero attached hydrogens (tertiary/aromatic N) is 1. The van der Waals surface area contributed by atoms with Crippen molar-refractivity contribution in [2.45, 2.75) is 143 Å². The number of hydrogen-bond donors (Lipinski definition) is 2. The summed E-state index contributed by atoms with van der Waals surface area (Å²) < 4.78 is 34.0. The number of ether oxygens (including phenoxy) is 5. The minimum Gasteiger partial charge on any atom is -0.445 e. The molecule has 0 fully saturated rings. The van der Waals surface area contributed by atoms with Gasteiger partial charge in [0.1, 0.15) is 29.5 Å². The largest absolute Gasteiger partial charge is 0.509 e. The highest BCUT2D eigenvalue weighted by molar-refractivity contribution is 6.74. The van der Waals surface area contributed by atoms with Crippen molar-refractivity contribution in [3.63, 3.8) is 0 Å². The van der Waals surface area contributed by atoms with Crippen LogP contribution in [0.4, 0.5) is 19.2 Å². The monoisotopic (exact) mass is 725 g/mol. The van der Waals surface area contributed by atoms with Crippen molar-refractivity contribution in [2.24, 2.45) is 0 Å². The Kier molecular flexibility index (Phi) is 16.6. The normalized spacial score (nSPS) is 13.7. The summed E-state index contributed by atoms with van der Waals surface area (Å²) in [5, 5.41) is 5.43. The molecule has 0 heterocycles. The average molecular weight is 726 g/mol. The predicted molar refractivity (Wildman–Crippen MR) is 194 cm³/mol. The molecule has 286 valence electrons. The SMILES string of the molecule is CC(C)(C)OC(=O)NC[C@H](CN(CC[C@@H](CO[Si](C)(C)C(C)(C)C)NC(=O)OCc1ccccc1)C(=O)OC(C)(C)C)OC(=O)OC(C)(C)C. The van der Waals surface area contributed by atoms with Crippen molar-refractivity contribution in [2.75, 3.05) is 26.2 Å². The molecule has 0 aliphatic carbocycles. The van der Waals surface area contributed by atoms with Gasteiger partial charge in [-0.3, -0.25) is 0 Å². The van der Waals surface area contributed by atoms with Gasteiger partial charge in [-0.1, -0.05) is 51.1 Å². The van der Waals surface area contributed by atoms with Crippen LogP contribution in [0, 0.1) is 0 Å². The molecule has 14 heteroatoms. The zero-order valence-corrected chi connectivity index (χ0v) is 33.8. The number of alkyl carbamates (subject to hydrolysis) is 2. The summed E-state index contributed by atoms with van der Waals surface area (Å²) in [7, 11) is -2.22. The first-order valence-corrected chi connectivity index (χ1v) is 20.0. The van der Waals surface area contributed by atoms with Crippen LogP contribution >= 0.6 is 0 Å². The standard InChI is InChI=1S/C36H63N3O10Si/c1-33(2,3)47-29(40)37-22-28(46-32(43)49-35(7,8)9)23-39(31(42)48-34(4,5)6)21-20-27(25-45-50(13,14)36(10,11)12)38-30(41)44-24-26-18-16-15-17-19-26/h15-19,27-28H,20-25H2,1-14H3,(H,37,40)(H,38,41)/t27-,28+/m0/s1. The van der Waals surface area contributed by atoms with Gasteiger partial charge in [0.2, 0.25) is 0 Å². The van der Waals surface area contributed by atoms with Crippen LogP contribution in [-0.2, 0) is 34.7 Å². The van der Waals surface area contributed by atoms with Gasteiger partial charge in [0.25, 0.3) is 0 Å². The van der Waals surface area contributed by atoms with Gasteiger partial charge < -0.3 is 43.6 Å². The van der Waals surface area contributed by atoms with E-state index in [0.29, 0.717) is 0 Å². The second-order valence-electron chi connectivity index (χ2n) is 16.8. The van der Waals surface area contributed by atoms with E-state index in [2.05, 4.69) is 44.5 Å². The van der Waals surface area contributed by atoms with Crippen LogP contribution in [0.5, 0.6) is 0 Å². The molecule has 0 bridgehead atoms. The highest BCUT2D eigenvalue weighted by Crippen LogP contribution is 2.36. The third kappa shape index (κ3) is 19.6. The number of carbonyl (C=O) groups is 4. The average Bonchev–Trinajstić information content (AvgIpc) is 2.92. The fraction of sp³-hybridized carbons (Fsp3) is 0.722. The number of rotatable bonds is 14. The van der Waals surface area contributed by atoms with Gasteiger partial charge in [-0.25, -0.2) is 19.2 Å². The fourth-order valence-electron chi connectivity index (χ4n) is 3.86. The first-order chi connectivity index (χ1) is 22.7. The molecule has 13 nitrogen and oxygen atoms in total. The summed E-state index contributed by atoms with van der Waals surface area (Å²) in [4.78, 5) is 53.1. The third-order valence-electron chi connectivity index (χ3n) is 7.33. The van der Waals surface area contributed by atoms with Gasteiger partial charge in [0, 0.05) is 6.54 Å². The van der Waals surface area contributed by atoms with Crippen molar-refractivity contribution in [3.05, 3.63) is 35.9 Å². The lowest BCUT2D eigenvalue weighted by Crippen LogP contribution is -2.50. The molecule has 0 saturated carbocycles. The number of benzene rings is 1. The molecule has 1 rings (SSSR count). The van der Waals surface area contributed by atoms with E-state index >= 15 is 0 Å². The summed E-state index contributed by atoms with van der Waals surface area (Å²) in [6.45, 7) is 26.0. The molecule has 0 aromatic heterocycles. The van der Waals surface area contributed by atoms with Crippen molar-refractivity contribution < 1.29 is 47.3 Å². The van der Waals surface area contributed by atoms with Crippen molar-refractivity contribution in [1.29, 1.82) is 0 Å². The maximum atomic E-state index is 13.6. The van der Waals surface area contributed by atoms with Crippen LogP contribution in [0.15, 0.2) is 30.3 Å². The second-order valence-corrected chi connectivity index (χ2v) is 21.6. The van der Waals surface area contributed by atoms with Crippen molar-refractivity contribution in [1.82, 2.24) is 15.5 Å². The molecule has 1 aromatic rings. The molecule has 2 N–H and O–H groups in total. The second kappa shape index (κ2) is 18.6. The van der Waals surface area contributed by atoms with Gasteiger partial charge >= 0.3 is 24.4 Å².